The van der Waals surface area contributed by atoms with E-state index in [-0.39, 0.29) is 27.7 Å². The third-order valence-electron chi connectivity index (χ3n) is 29.5. The van der Waals surface area contributed by atoms with E-state index in [0.717, 1.165) is 214 Å². The number of halogens is 1. The molecule has 0 aromatic heterocycles. The summed E-state index contributed by atoms with van der Waals surface area (Å²) in [6.07, 6.45) is 3.85. The Labute approximate surface area is 902 Å². The number of para-hydroxylation sites is 7. The quantitative estimate of drug-likeness (QED) is 0.0142. The molecule has 10 aromatic carbocycles. The zero-order valence-electron chi connectivity index (χ0n) is 90.0. The third-order valence-corrected chi connectivity index (χ3v) is 31.4. The molecule has 150 heavy (non-hydrogen) atoms. The first-order chi connectivity index (χ1) is 71.7. The number of hydrogen-bond donors (Lipinski definition) is 6. The normalized spacial score (nSPS) is 18.5. The van der Waals surface area contributed by atoms with Crippen molar-refractivity contribution in [2.45, 2.75) is 177 Å². The minimum atomic E-state index is -3.86. The molecule has 0 saturated carbocycles. The van der Waals surface area contributed by atoms with Crippen LogP contribution in [0.15, 0.2) is 204 Å². The molecule has 6 aliphatic rings. The van der Waals surface area contributed by atoms with Gasteiger partial charge in [0, 0.05) is 183 Å². The van der Waals surface area contributed by atoms with E-state index < -0.39 is 32.0 Å². The summed E-state index contributed by atoms with van der Waals surface area (Å²) < 4.78 is 53.6. The number of carbonyl (C=O) groups is 4. The molecule has 6 aliphatic heterocycles. The van der Waals surface area contributed by atoms with Gasteiger partial charge in [-0.3, -0.25) is 4.79 Å². The molecular weight excluding hydrogens is 2040 g/mol. The molecule has 1 amide bonds. The van der Waals surface area contributed by atoms with E-state index >= 15 is 0 Å². The number of carbonyl (C=O) groups excluding carboxylic acids is 2. The van der Waals surface area contributed by atoms with Crippen LogP contribution in [0, 0.1) is 120 Å². The number of sulfonamides is 2. The highest BCUT2D eigenvalue weighted by molar-refractivity contribution is 14.1. The number of piperidine rings is 4. The van der Waals surface area contributed by atoms with Crippen LogP contribution in [0.25, 0.3) is 4.85 Å². The molecule has 6 heterocycles. The van der Waals surface area contributed by atoms with Crippen LogP contribution in [0.2, 0.25) is 0 Å². The minimum Gasteiger partial charge on any atom is -0.478 e. The van der Waals surface area contributed by atoms with Crippen LogP contribution in [0.3, 0.4) is 0 Å². The smallest absolute Gasteiger partial charge is 0.338 e. The summed E-state index contributed by atoms with van der Waals surface area (Å²) in [5, 5.41) is 64.7. The van der Waals surface area contributed by atoms with Crippen molar-refractivity contribution in [1.82, 2.24) is 10.2 Å². The Hall–Kier alpha value is -13.5. The second-order valence-corrected chi connectivity index (χ2v) is 44.2. The first kappa shape index (κ1) is 117. The second-order valence-electron chi connectivity index (χ2n) is 39.6. The molecular formula is C118H149IN18O11S2. The maximum atomic E-state index is 13.9. The largest absolute Gasteiger partial charge is 0.478 e. The lowest BCUT2D eigenvalue weighted by Gasteiger charge is -2.45. The second kappa shape index (κ2) is 54.3. The van der Waals surface area contributed by atoms with Gasteiger partial charge in [-0.25, -0.2) is 46.3 Å². The predicted molar refractivity (Wildman–Crippen MR) is 615 cm³/mol. The van der Waals surface area contributed by atoms with Crippen LogP contribution >= 0.6 is 22.6 Å². The van der Waals surface area contributed by atoms with E-state index in [0.29, 0.717) is 125 Å². The van der Waals surface area contributed by atoms with Crippen LogP contribution in [-0.2, 0) is 24.8 Å². The zero-order valence-corrected chi connectivity index (χ0v) is 93.7. The number of aromatic carboxylic acids is 2. The highest BCUT2D eigenvalue weighted by Gasteiger charge is 2.39. The molecule has 16 rings (SSSR count). The molecule has 0 spiro atoms. The lowest BCUT2D eigenvalue weighted by Crippen LogP contribution is -2.51. The maximum absolute atomic E-state index is 13.9. The van der Waals surface area contributed by atoms with Crippen molar-refractivity contribution >= 4 is 129 Å². The number of nitrogens with two attached hydrogens (primary N) is 2. The average Bonchev–Trinajstić information content (AvgIpc) is 0.779. The van der Waals surface area contributed by atoms with Crippen molar-refractivity contribution in [3.05, 3.63) is 289 Å². The first-order valence-electron chi connectivity index (χ1n) is 52.1. The van der Waals surface area contributed by atoms with Crippen molar-refractivity contribution in [3.8, 4) is 18.2 Å². The Kier molecular flexibility index (Phi) is 42.3. The minimum absolute atomic E-state index is 0.00203. The van der Waals surface area contributed by atoms with E-state index in [1.54, 1.807) is 42.5 Å². The van der Waals surface area contributed by atoms with Gasteiger partial charge in [-0.2, -0.15) is 15.8 Å². The summed E-state index contributed by atoms with van der Waals surface area (Å²) in [7, 11) is -7.50. The fourth-order valence-electron chi connectivity index (χ4n) is 22.1. The molecule has 0 aliphatic carbocycles. The van der Waals surface area contributed by atoms with Crippen LogP contribution in [-0.4, -0.2) is 215 Å². The number of nitriles is 3. The highest BCUT2D eigenvalue weighted by atomic mass is 127. The fraction of sp³-hybridized carbons (Fsp3) is 0.424. The Bertz CT molecular complexity index is 6810. The van der Waals surface area contributed by atoms with Gasteiger partial charge in [-0.15, -0.1) is 0 Å². The summed E-state index contributed by atoms with van der Waals surface area (Å²) in [6.45, 7) is 58.2. The lowest BCUT2D eigenvalue weighted by atomic mass is 9.90. The number of piperazine rings is 2. The standard InChI is InChI=1S/C34H42N6O3S.C26H33N3O2.C24H29N3O2.C22H25N3O2.C10H15N3O2S.C2H5I/c1-6-40(29-15-16-39(23-26(29)4)30-12-8-7-11-28(30)36-5)32-22-27(24(2)21-25(32)3)34(41)38-19-17-37(18-20-38)31-13-9-10-14-33(31)44(35,42)43;1-6-29(25-15-22(26(30)31-7-2)18(3)14-19(25)4)23-12-13-28(17-20(23)5)24-11-9-8-10-21(24)16-27;1-5-27(23-13-20(24(28)29)16(2)12-17(23)3)21-10-11-26(15-18(21)4)22-9-7-6-8-19(22)14-25;1-14-10-15(2)20(11-18(14)22(26)27)24-19-8-9-25(13-16(19)3)21-7-5-4-6-17(21)12-23;11-16(14,15)10-4-2-1-3-9(10)13-7-5-12-6-8-13;1-2-3/h7-14,21-22,26,29H,6,15-20,23H2,1-4H3,(H2,35,42,43);8-11,14-15,20,23H,6-7,12-13,17H2,1-5H3;6-9,12-13,18,21H,5,10-11,15H2,1-4H3,(H,28,29);4-7,10-11,16,19,24H,8-9,13H2,1-3H3,(H,26,27);1-4,12H,5-8H2,(H2,11,14,15);2H2,1H3. The molecule has 0 radical (unpaired) electrons. The molecule has 796 valence electrons. The number of aryl methyl sites for hydroxylation is 8. The highest BCUT2D eigenvalue weighted by Crippen LogP contribution is 2.42. The molecule has 32 heteroatoms. The molecule has 0 bridgehead atoms. The Balaban J connectivity index is 0.000000182. The number of carboxylic acid groups (broad SMARTS) is 2. The monoisotopic (exact) mass is 2190 g/mol. The molecule has 8 atom stereocenters. The van der Waals surface area contributed by atoms with Gasteiger partial charge in [0.25, 0.3) is 5.91 Å². The predicted octanol–water partition coefficient (Wildman–Crippen LogP) is 20.3. The van der Waals surface area contributed by atoms with Crippen molar-refractivity contribution in [3.63, 3.8) is 0 Å². The van der Waals surface area contributed by atoms with Crippen LogP contribution < -0.4 is 65.0 Å². The summed E-state index contributed by atoms with van der Waals surface area (Å²) in [4.78, 5) is 75.9. The SMILES string of the molecule is CCI.CCN(c1cc(C(=O)O)c(C)cc1C)C1CCN(c2ccccc2C#N)CC1C.CCOC(=O)c1cc(N(CC)C2CCN(c3ccccc3C#N)CC2C)c(C)cc1C.Cc1cc(C)c(C(=O)O)cc1NC1CCN(c2ccccc2C#N)CC1C.NS(=O)(=O)c1ccccc1N1CCNCC1.[C-]#[N+]c1ccccc1N1CCC(N(CC)c2cc(C(=O)N3CCN(c4ccccc4S(N)(=O)=O)CC3)c(C)cc2C)C(C)C1. The molecule has 8 unspecified atom stereocenters. The number of esters is 1. The summed E-state index contributed by atoms with van der Waals surface area (Å²) in [5.74, 6) is -0.528. The van der Waals surface area contributed by atoms with Gasteiger partial charge in [0.1, 0.15) is 28.0 Å². The van der Waals surface area contributed by atoms with Crippen molar-refractivity contribution in [2.75, 3.05) is 185 Å². The number of carboxylic acids is 2. The maximum Gasteiger partial charge on any atom is 0.338 e. The molecule has 8 N–H and O–H groups in total. The summed E-state index contributed by atoms with van der Waals surface area (Å²) >= 11 is 2.29. The Morgan fingerprint density at radius 2 is 0.753 bits per heavy atom. The number of ether oxygens (including phenoxy) is 1. The van der Waals surface area contributed by atoms with Crippen molar-refractivity contribution < 1.29 is 51.0 Å². The van der Waals surface area contributed by atoms with E-state index in [9.17, 15) is 62.0 Å². The number of amides is 1. The van der Waals surface area contributed by atoms with E-state index in [2.05, 4.69) is 185 Å². The number of anilines is 10. The molecule has 6 saturated heterocycles. The van der Waals surface area contributed by atoms with Crippen molar-refractivity contribution in [2.24, 2.45) is 33.9 Å². The van der Waals surface area contributed by atoms with Crippen molar-refractivity contribution in [1.29, 1.82) is 15.8 Å². The first-order valence-corrected chi connectivity index (χ1v) is 56.7. The number of hydrogen-bond acceptors (Lipinski definition) is 23. The Morgan fingerprint density at radius 3 is 1.13 bits per heavy atom. The van der Waals surface area contributed by atoms with Gasteiger partial charge in [0.15, 0.2) is 0 Å². The van der Waals surface area contributed by atoms with E-state index in [1.807, 2.05) is 184 Å². The number of rotatable bonds is 24. The fourth-order valence-corrected chi connectivity index (χ4v) is 23.6. The Morgan fingerprint density at radius 1 is 0.427 bits per heavy atom. The number of nitrogens with one attached hydrogen (secondary N) is 2. The van der Waals surface area contributed by atoms with Gasteiger partial charge in [-0.1, -0.05) is 160 Å². The third kappa shape index (κ3) is 29.0. The van der Waals surface area contributed by atoms with Crippen LogP contribution in [0.1, 0.15) is 191 Å². The van der Waals surface area contributed by atoms with Gasteiger partial charge in [0.05, 0.1) is 75.0 Å². The summed E-state index contributed by atoms with van der Waals surface area (Å²) in [5.41, 5.74) is 22.3. The van der Waals surface area contributed by atoms with E-state index in [4.69, 9.17) is 21.6 Å². The number of nitrogens with zero attached hydrogens (tertiary/aromatic N) is 14. The van der Waals surface area contributed by atoms with Crippen LogP contribution in [0.4, 0.5) is 62.6 Å². The lowest BCUT2D eigenvalue weighted by molar-refractivity contribution is 0.0524. The average molecular weight is 2190 g/mol. The molecule has 10 aromatic rings. The van der Waals surface area contributed by atoms with E-state index in [1.165, 1.54) is 16.1 Å². The molecule has 6 fully saturated rings. The molecule has 29 nitrogen and oxygen atoms in total. The van der Waals surface area contributed by atoms with Gasteiger partial charge < -0.3 is 74.6 Å². The summed E-state index contributed by atoms with van der Waals surface area (Å²) in [6, 6.07) is 68.7. The van der Waals surface area contributed by atoms with Gasteiger partial charge in [-0.05, 0) is 272 Å². The number of alkyl halides is 1. The van der Waals surface area contributed by atoms with Gasteiger partial charge >= 0.3 is 17.9 Å². The number of benzene rings is 10. The number of primary sulfonamides is 2. The van der Waals surface area contributed by atoms with Crippen LogP contribution in [0.5, 0.6) is 0 Å². The topological polar surface area (TPSA) is 370 Å². The van der Waals surface area contributed by atoms with Gasteiger partial charge in [0.2, 0.25) is 25.7 Å². The zero-order chi connectivity index (χ0) is 109.